The van der Waals surface area contributed by atoms with Crippen LogP contribution in [0.2, 0.25) is 0 Å². The maximum atomic E-state index is 12.6. The van der Waals surface area contributed by atoms with Crippen molar-refractivity contribution in [2.75, 3.05) is 6.61 Å². The summed E-state index contributed by atoms with van der Waals surface area (Å²) < 4.78 is 21.6. The fraction of sp³-hybridized carbons (Fsp3) is 0.615. The first-order chi connectivity index (χ1) is 22.8. The van der Waals surface area contributed by atoms with Gasteiger partial charge in [0.15, 0.2) is 0 Å². The number of nitrogens with one attached hydrogen (secondary N) is 1. The Morgan fingerprint density at radius 2 is 1.26 bits per heavy atom. The molecule has 47 heavy (non-hydrogen) atoms. The van der Waals surface area contributed by atoms with Crippen molar-refractivity contribution in [2.45, 2.75) is 148 Å². The van der Waals surface area contributed by atoms with E-state index in [2.05, 4.69) is 60.1 Å². The smallest absolute Gasteiger partial charge is 0.220 e. The van der Waals surface area contributed by atoms with Crippen molar-refractivity contribution in [3.05, 3.63) is 77.4 Å². The summed E-state index contributed by atoms with van der Waals surface area (Å²) in [6, 6.07) is 15.4. The molecule has 0 saturated heterocycles. The van der Waals surface area contributed by atoms with Crippen molar-refractivity contribution in [1.82, 2.24) is 5.32 Å². The van der Waals surface area contributed by atoms with Crippen LogP contribution in [0.15, 0.2) is 60.7 Å². The first kappa shape index (κ1) is 40.7. The molecular weight excluding hydrogens is 609 g/mol. The van der Waals surface area contributed by atoms with Crippen molar-refractivity contribution >= 4 is 13.7 Å². The van der Waals surface area contributed by atoms with E-state index >= 15 is 0 Å². The van der Waals surface area contributed by atoms with Gasteiger partial charge in [-0.1, -0.05) is 127 Å². The number of carbonyl (C=O) groups is 1. The van der Waals surface area contributed by atoms with Crippen molar-refractivity contribution in [3.63, 3.8) is 0 Å². The Morgan fingerprint density at radius 3 is 1.87 bits per heavy atom. The van der Waals surface area contributed by atoms with Gasteiger partial charge >= 0.3 is 0 Å². The second-order valence-electron chi connectivity index (χ2n) is 12.8. The number of aryl methyl sites for hydroxylation is 1. The fourth-order valence-corrected chi connectivity index (χ4v) is 5.91. The summed E-state index contributed by atoms with van der Waals surface area (Å²) in [4.78, 5) is 34.9. The van der Waals surface area contributed by atoms with Crippen LogP contribution in [0.3, 0.4) is 0 Å². The van der Waals surface area contributed by atoms with Gasteiger partial charge in [0, 0.05) is 6.42 Å². The number of allylic oxidation sites excluding steroid dienone is 2. The third-order valence-corrected chi connectivity index (χ3v) is 8.83. The molecule has 0 unspecified atom stereocenters. The average molecular weight is 670 g/mol. The number of phosphoric acid groups is 1. The van der Waals surface area contributed by atoms with E-state index in [1.807, 2.05) is 24.3 Å². The Morgan fingerprint density at radius 1 is 0.723 bits per heavy atom. The average Bonchev–Trinajstić information content (AvgIpc) is 3.05. The van der Waals surface area contributed by atoms with E-state index in [-0.39, 0.29) is 5.91 Å². The lowest BCUT2D eigenvalue weighted by atomic mass is 10.1. The van der Waals surface area contributed by atoms with Crippen molar-refractivity contribution in [1.29, 1.82) is 0 Å². The molecule has 1 N–H and O–H groups in total. The molecule has 2 aromatic carbocycles. The van der Waals surface area contributed by atoms with Gasteiger partial charge in [-0.25, -0.2) is 0 Å². The van der Waals surface area contributed by atoms with Gasteiger partial charge < -0.3 is 28.9 Å². The number of amides is 1. The van der Waals surface area contributed by atoms with Gasteiger partial charge in [0.05, 0.1) is 20.5 Å². The van der Waals surface area contributed by atoms with Gasteiger partial charge in [0.2, 0.25) is 5.91 Å². The second kappa shape index (κ2) is 25.6. The Kier molecular flexibility index (Phi) is 22.2. The molecule has 0 heterocycles. The molecule has 0 aliphatic rings. The number of ether oxygens (including phenoxy) is 1. The van der Waals surface area contributed by atoms with Gasteiger partial charge in [0.1, 0.15) is 12.4 Å². The lowest BCUT2D eigenvalue weighted by Crippen LogP contribution is -2.40. The topological polar surface area (TPSA) is 111 Å². The van der Waals surface area contributed by atoms with Gasteiger partial charge in [0.25, 0.3) is 0 Å². The van der Waals surface area contributed by atoms with Crippen molar-refractivity contribution in [2.24, 2.45) is 0 Å². The molecule has 0 aliphatic heterocycles. The number of benzene rings is 2. The van der Waals surface area contributed by atoms with Gasteiger partial charge in [-0.2, -0.15) is 0 Å². The molecule has 1 atom stereocenters. The first-order valence-corrected chi connectivity index (χ1v) is 19.7. The molecular formula is C39H60NO6P-2. The van der Waals surface area contributed by atoms with E-state index in [0.717, 1.165) is 49.7 Å². The van der Waals surface area contributed by atoms with Gasteiger partial charge in [-0.3, -0.25) is 4.79 Å². The molecule has 0 aliphatic carbocycles. The largest absolute Gasteiger partial charge is 0.790 e. The molecule has 0 radical (unpaired) electrons. The Hall–Kier alpha value is -2.44. The highest BCUT2D eigenvalue weighted by Gasteiger charge is 2.15. The predicted octanol–water partition coefficient (Wildman–Crippen LogP) is 8.91. The van der Waals surface area contributed by atoms with Crippen LogP contribution in [-0.4, -0.2) is 18.6 Å². The van der Waals surface area contributed by atoms with E-state index in [0.29, 0.717) is 25.2 Å². The standard InChI is InChI=1S/C39H62NO6P/c1-3-5-7-8-9-10-11-12-13-14-15-16-17-18-20-22-39(41)40-37(33-46-47(42,43)44)31-35-27-29-38(30-28-35)45-32-36-25-23-34(24-26-36)21-19-6-4-2/h12-13,23-30,37H,3-11,14-22,31-33H2,1-2H3,(H,40,41)(H2,42,43,44)/p-2/b13-12-/t37-/m1/s1. The molecule has 0 spiro atoms. The van der Waals surface area contributed by atoms with Crippen molar-refractivity contribution < 1.29 is 28.4 Å². The molecule has 7 nitrogen and oxygen atoms in total. The van der Waals surface area contributed by atoms with Crippen molar-refractivity contribution in [3.8, 4) is 5.75 Å². The van der Waals surface area contributed by atoms with Crippen LogP contribution in [0, 0.1) is 0 Å². The Balaban J connectivity index is 1.67. The molecule has 0 fully saturated rings. The van der Waals surface area contributed by atoms with E-state index < -0.39 is 20.5 Å². The van der Waals surface area contributed by atoms with Gasteiger partial charge in [-0.05, 0) is 80.2 Å². The Labute approximate surface area is 285 Å². The van der Waals surface area contributed by atoms with E-state index in [4.69, 9.17) is 4.74 Å². The van der Waals surface area contributed by atoms with Crippen LogP contribution in [0.5, 0.6) is 5.75 Å². The Bertz CT molecular complexity index is 1150. The summed E-state index contributed by atoms with van der Waals surface area (Å²) in [7, 11) is -5.15. The highest BCUT2D eigenvalue weighted by molar-refractivity contribution is 7.43. The highest BCUT2D eigenvalue weighted by Crippen LogP contribution is 2.25. The zero-order valence-corrected chi connectivity index (χ0v) is 30.0. The minimum absolute atomic E-state index is 0.167. The highest BCUT2D eigenvalue weighted by atomic mass is 31.2. The summed E-state index contributed by atoms with van der Waals surface area (Å²) in [5, 5.41) is 2.87. The van der Waals surface area contributed by atoms with Crippen LogP contribution < -0.4 is 19.8 Å². The number of rotatable bonds is 28. The zero-order valence-electron chi connectivity index (χ0n) is 29.1. The van der Waals surface area contributed by atoms with E-state index in [9.17, 15) is 19.1 Å². The molecule has 8 heteroatoms. The number of phosphoric ester groups is 1. The quantitative estimate of drug-likeness (QED) is 0.0550. The molecule has 0 aromatic heterocycles. The summed E-state index contributed by atoms with van der Waals surface area (Å²) in [5.41, 5.74) is 3.31. The molecule has 1 amide bonds. The summed E-state index contributed by atoms with van der Waals surface area (Å²) in [5.74, 6) is 0.546. The van der Waals surface area contributed by atoms with E-state index in [1.54, 1.807) is 0 Å². The van der Waals surface area contributed by atoms with Crippen LogP contribution in [0.4, 0.5) is 0 Å². The molecule has 2 aromatic rings. The second-order valence-corrected chi connectivity index (χ2v) is 13.9. The zero-order chi connectivity index (χ0) is 34.0. The summed E-state index contributed by atoms with van der Waals surface area (Å²) in [6.45, 7) is 4.52. The molecule has 2 rings (SSSR count). The lowest BCUT2D eigenvalue weighted by molar-refractivity contribution is -0.342. The van der Waals surface area contributed by atoms with E-state index in [1.165, 1.54) is 76.2 Å². The van der Waals surface area contributed by atoms with Crippen LogP contribution >= 0.6 is 7.82 Å². The van der Waals surface area contributed by atoms with Crippen LogP contribution in [0.1, 0.15) is 140 Å². The predicted molar refractivity (Wildman–Crippen MR) is 189 cm³/mol. The summed E-state index contributed by atoms with van der Waals surface area (Å²) >= 11 is 0. The summed E-state index contributed by atoms with van der Waals surface area (Å²) in [6.07, 6.45) is 25.5. The maximum absolute atomic E-state index is 12.6. The SMILES string of the molecule is CCCCCCCC/C=C\CCCCCCCC(=O)N[C@@H](COP(=O)([O-])[O-])Cc1ccc(OCc2ccc(CCCCC)cc2)cc1. The molecule has 264 valence electrons. The minimum Gasteiger partial charge on any atom is -0.790 e. The molecule has 0 saturated carbocycles. The lowest BCUT2D eigenvalue weighted by Gasteiger charge is -2.31. The monoisotopic (exact) mass is 669 g/mol. The normalized spacial score (nSPS) is 12.4. The maximum Gasteiger partial charge on any atom is 0.220 e. The number of hydrogen-bond donors (Lipinski definition) is 1. The van der Waals surface area contributed by atoms with Crippen LogP contribution in [0.25, 0.3) is 0 Å². The van der Waals surface area contributed by atoms with Gasteiger partial charge in [-0.15, -0.1) is 0 Å². The van der Waals surface area contributed by atoms with Crippen LogP contribution in [-0.2, 0) is 33.3 Å². The number of unbranched alkanes of at least 4 members (excludes halogenated alkanes) is 13. The molecule has 0 bridgehead atoms. The fourth-order valence-electron chi connectivity index (χ4n) is 5.54. The number of hydrogen-bond acceptors (Lipinski definition) is 6. The first-order valence-electron chi connectivity index (χ1n) is 18.2. The minimum atomic E-state index is -5.15. The third-order valence-electron chi connectivity index (χ3n) is 8.37. The number of carbonyl (C=O) groups excluding carboxylic acids is 1. The third kappa shape index (κ3) is 21.9.